The van der Waals surface area contributed by atoms with Crippen molar-refractivity contribution in [2.45, 2.75) is 6.04 Å². The van der Waals surface area contributed by atoms with Gasteiger partial charge in [-0.3, -0.25) is 4.79 Å². The molecule has 0 aromatic carbocycles. The molecule has 0 aliphatic heterocycles. The number of hydrogen-bond acceptors (Lipinski definition) is 6. The first-order valence-electron chi connectivity index (χ1n) is 5.03. The van der Waals surface area contributed by atoms with Crippen LogP contribution in [0.2, 0.25) is 0 Å². The normalized spacial score (nSPS) is 11.7. The number of nitroso groups, excluding NO2 is 1. The van der Waals surface area contributed by atoms with E-state index in [-0.39, 0.29) is 24.7 Å². The van der Waals surface area contributed by atoms with Crippen molar-refractivity contribution in [2.75, 3.05) is 30.5 Å². The number of carbonyl (C=O) groups excluding carboxylic acids is 1. The second kappa shape index (κ2) is 9.92. The number of nitrogens with one attached hydrogen (secondary N) is 1. The van der Waals surface area contributed by atoms with E-state index < -0.39 is 18.0 Å². The molecule has 2 amide bonds. The monoisotopic (exact) mass is 298 g/mol. The van der Waals surface area contributed by atoms with Gasteiger partial charge in [0.1, 0.15) is 6.04 Å². The Labute approximate surface area is 113 Å². The van der Waals surface area contributed by atoms with Crippen LogP contribution in [0.25, 0.3) is 0 Å². The number of carbonyl (C=O) groups is 2. The number of halogens is 1. The molecule has 4 N–H and O–H groups in total. The van der Waals surface area contributed by atoms with Gasteiger partial charge in [-0.1, -0.05) is 0 Å². The molecule has 1 unspecified atom stereocenters. The van der Waals surface area contributed by atoms with E-state index >= 15 is 0 Å². The molecule has 1 atom stereocenters. The van der Waals surface area contributed by atoms with E-state index in [0.717, 1.165) is 0 Å². The van der Waals surface area contributed by atoms with Gasteiger partial charge >= 0.3 is 12.0 Å². The van der Waals surface area contributed by atoms with Gasteiger partial charge in [0.15, 0.2) is 0 Å². The molecule has 0 radical (unpaired) electrons. The SMILES string of the molecule is NC(CSCCN(N=O)C(=O)NCCCl)C(=O)O. The molecule has 0 rings (SSSR count). The molecule has 8 nitrogen and oxygen atoms in total. The number of rotatable bonds is 9. The van der Waals surface area contributed by atoms with Crippen molar-refractivity contribution in [2.24, 2.45) is 11.0 Å². The summed E-state index contributed by atoms with van der Waals surface area (Å²) in [7, 11) is 0. The largest absolute Gasteiger partial charge is 0.480 e. The first-order valence-corrected chi connectivity index (χ1v) is 6.72. The molecule has 0 aliphatic carbocycles. The fraction of sp³-hybridized carbons (Fsp3) is 0.750. The summed E-state index contributed by atoms with van der Waals surface area (Å²) in [5.74, 6) is -0.291. The second-order valence-corrected chi connectivity index (χ2v) is 4.67. The number of carboxylic acid groups (broad SMARTS) is 1. The Morgan fingerprint density at radius 1 is 1.56 bits per heavy atom. The van der Waals surface area contributed by atoms with E-state index in [1.807, 2.05) is 0 Å². The highest BCUT2D eigenvalue weighted by atomic mass is 35.5. The molecule has 0 saturated heterocycles. The summed E-state index contributed by atoms with van der Waals surface area (Å²) in [5, 5.41) is 14.2. The van der Waals surface area contributed by atoms with Crippen LogP contribution >= 0.6 is 23.4 Å². The molecule has 0 aliphatic rings. The Hall–Kier alpha value is -1.06. The molecule has 0 fully saturated rings. The Balaban J connectivity index is 3.83. The van der Waals surface area contributed by atoms with E-state index in [4.69, 9.17) is 22.4 Å². The van der Waals surface area contributed by atoms with E-state index in [0.29, 0.717) is 10.8 Å². The first-order chi connectivity index (χ1) is 8.52. The predicted molar refractivity (Wildman–Crippen MR) is 69.6 cm³/mol. The number of carboxylic acids is 1. The lowest BCUT2D eigenvalue weighted by Gasteiger charge is -2.13. The highest BCUT2D eigenvalue weighted by Gasteiger charge is 2.14. The fourth-order valence-electron chi connectivity index (χ4n) is 0.857. The van der Waals surface area contributed by atoms with Crippen LogP contribution < -0.4 is 11.1 Å². The molecule has 0 saturated carbocycles. The fourth-order valence-corrected chi connectivity index (χ4v) is 1.82. The Morgan fingerprint density at radius 3 is 2.72 bits per heavy atom. The molecule has 18 heavy (non-hydrogen) atoms. The average Bonchev–Trinajstić information content (AvgIpc) is 2.35. The number of thioether (sulfide) groups is 1. The lowest BCUT2D eigenvalue weighted by molar-refractivity contribution is -0.137. The molecular weight excluding hydrogens is 284 g/mol. The summed E-state index contributed by atoms with van der Waals surface area (Å²) >= 11 is 6.59. The van der Waals surface area contributed by atoms with E-state index in [1.54, 1.807) is 0 Å². The third-order valence-corrected chi connectivity index (χ3v) is 3.02. The summed E-state index contributed by atoms with van der Waals surface area (Å²) in [6.45, 7) is 0.318. The molecule has 10 heteroatoms. The summed E-state index contributed by atoms with van der Waals surface area (Å²) < 4.78 is 0. The van der Waals surface area contributed by atoms with Gasteiger partial charge in [0, 0.05) is 23.9 Å². The van der Waals surface area contributed by atoms with Crippen molar-refractivity contribution in [3.63, 3.8) is 0 Å². The molecule has 0 bridgehead atoms. The van der Waals surface area contributed by atoms with Crippen LogP contribution in [0.4, 0.5) is 4.79 Å². The highest BCUT2D eigenvalue weighted by molar-refractivity contribution is 7.99. The Kier molecular flexibility index (Phi) is 9.33. The summed E-state index contributed by atoms with van der Waals surface area (Å²) in [6.07, 6.45) is 0. The Bertz CT molecular complexity index is 294. The minimum absolute atomic E-state index is 0.0780. The Morgan fingerprint density at radius 2 is 2.22 bits per heavy atom. The van der Waals surface area contributed by atoms with E-state index in [9.17, 15) is 14.5 Å². The van der Waals surface area contributed by atoms with Crippen molar-refractivity contribution in [1.82, 2.24) is 10.3 Å². The maximum atomic E-state index is 11.3. The van der Waals surface area contributed by atoms with Crippen molar-refractivity contribution in [1.29, 1.82) is 0 Å². The van der Waals surface area contributed by atoms with E-state index in [2.05, 4.69) is 10.6 Å². The minimum atomic E-state index is -1.09. The van der Waals surface area contributed by atoms with Gasteiger partial charge < -0.3 is 16.2 Å². The van der Waals surface area contributed by atoms with Crippen LogP contribution in [-0.2, 0) is 4.79 Å². The van der Waals surface area contributed by atoms with Gasteiger partial charge in [-0.2, -0.15) is 16.8 Å². The zero-order chi connectivity index (χ0) is 14.0. The van der Waals surface area contributed by atoms with Crippen LogP contribution in [0, 0.1) is 4.91 Å². The zero-order valence-corrected chi connectivity index (χ0v) is 11.1. The van der Waals surface area contributed by atoms with Gasteiger partial charge in [0.2, 0.25) is 0 Å². The second-order valence-electron chi connectivity index (χ2n) is 3.15. The quantitative estimate of drug-likeness (QED) is 0.239. The molecular formula is C8H15ClN4O4S. The van der Waals surface area contributed by atoms with Crippen LogP contribution in [0.3, 0.4) is 0 Å². The maximum Gasteiger partial charge on any atom is 0.340 e. The van der Waals surface area contributed by atoms with Gasteiger partial charge in [0.25, 0.3) is 0 Å². The third kappa shape index (κ3) is 7.30. The van der Waals surface area contributed by atoms with Crippen LogP contribution in [0.1, 0.15) is 0 Å². The standard InChI is InChI=1S/C8H15ClN4O4S/c9-1-2-11-8(16)13(12-17)3-4-18-5-6(10)7(14)15/h6H,1-5,10H2,(H,11,16)(H,14,15). The van der Waals surface area contributed by atoms with Crippen molar-refractivity contribution >= 4 is 35.4 Å². The average molecular weight is 299 g/mol. The number of hydrogen-bond donors (Lipinski definition) is 3. The van der Waals surface area contributed by atoms with Crippen molar-refractivity contribution < 1.29 is 14.7 Å². The summed E-state index contributed by atoms with van der Waals surface area (Å²) in [4.78, 5) is 32.1. The van der Waals surface area contributed by atoms with Crippen LogP contribution in [0.15, 0.2) is 5.29 Å². The highest BCUT2D eigenvalue weighted by Crippen LogP contribution is 2.03. The molecule has 0 aromatic rings. The number of nitrogens with two attached hydrogens (primary N) is 1. The molecule has 0 aromatic heterocycles. The topological polar surface area (TPSA) is 125 Å². The smallest absolute Gasteiger partial charge is 0.340 e. The zero-order valence-electron chi connectivity index (χ0n) is 9.54. The molecule has 0 spiro atoms. The van der Waals surface area contributed by atoms with Gasteiger partial charge in [-0.25, -0.2) is 4.79 Å². The number of alkyl halides is 1. The first kappa shape index (κ1) is 16.9. The van der Waals surface area contributed by atoms with Crippen molar-refractivity contribution in [3.8, 4) is 0 Å². The van der Waals surface area contributed by atoms with Crippen LogP contribution in [-0.4, -0.2) is 58.6 Å². The maximum absolute atomic E-state index is 11.3. The van der Waals surface area contributed by atoms with E-state index in [1.165, 1.54) is 11.8 Å². The van der Waals surface area contributed by atoms with Crippen LogP contribution in [0.5, 0.6) is 0 Å². The molecule has 104 valence electrons. The number of amides is 2. The third-order valence-electron chi connectivity index (χ3n) is 1.77. The lowest BCUT2D eigenvalue weighted by atomic mass is 10.4. The van der Waals surface area contributed by atoms with Gasteiger partial charge in [-0.15, -0.1) is 16.5 Å². The molecule has 0 heterocycles. The summed E-state index contributed by atoms with van der Waals surface area (Å²) in [5.41, 5.74) is 5.28. The van der Waals surface area contributed by atoms with Gasteiger partial charge in [0.05, 0.1) is 11.8 Å². The number of aliphatic carboxylic acids is 1. The minimum Gasteiger partial charge on any atom is -0.480 e. The van der Waals surface area contributed by atoms with Gasteiger partial charge in [-0.05, 0) is 0 Å². The summed E-state index contributed by atoms with van der Waals surface area (Å²) in [6, 6.07) is -1.59. The number of nitrogens with zero attached hydrogens (tertiary/aromatic N) is 2. The predicted octanol–water partition coefficient (Wildman–Crippen LogP) is 0.0633. The lowest BCUT2D eigenvalue weighted by Crippen LogP contribution is -2.38. The van der Waals surface area contributed by atoms with Crippen molar-refractivity contribution in [3.05, 3.63) is 4.91 Å². The number of urea groups is 1.